The SMILES string of the molecule is CC(=O)N1CC(C)Oc2ccc(S(=O)(=O)N3CCN(c4ncccn4)CC3)cc21. The molecule has 0 aliphatic carbocycles. The standard InChI is InChI=1S/C19H23N5O4S/c1-14-13-24(15(2)25)17-12-16(4-5-18(17)28-14)29(26,27)23-10-8-22(9-11-23)19-20-6-3-7-21-19/h3-7,12,14H,8-11,13H2,1-2H3. The topological polar surface area (TPSA) is 95.9 Å². The Kier molecular flexibility index (Phi) is 5.13. The first-order chi connectivity index (χ1) is 13.9. The summed E-state index contributed by atoms with van der Waals surface area (Å²) in [5, 5.41) is 0. The minimum absolute atomic E-state index is 0.146. The van der Waals surface area contributed by atoms with E-state index in [9.17, 15) is 13.2 Å². The highest BCUT2D eigenvalue weighted by Gasteiger charge is 2.32. The van der Waals surface area contributed by atoms with E-state index in [0.717, 1.165) is 0 Å². The molecule has 1 unspecified atom stereocenters. The zero-order valence-electron chi connectivity index (χ0n) is 16.4. The van der Waals surface area contributed by atoms with Crippen LogP contribution in [0.15, 0.2) is 41.6 Å². The van der Waals surface area contributed by atoms with Crippen LogP contribution in [0.2, 0.25) is 0 Å². The van der Waals surface area contributed by atoms with E-state index in [4.69, 9.17) is 4.74 Å². The van der Waals surface area contributed by atoms with Gasteiger partial charge in [-0.1, -0.05) is 0 Å². The third kappa shape index (κ3) is 3.77. The summed E-state index contributed by atoms with van der Waals surface area (Å²) < 4.78 is 33.6. The lowest BCUT2D eigenvalue weighted by molar-refractivity contribution is -0.117. The van der Waals surface area contributed by atoms with Gasteiger partial charge < -0.3 is 14.5 Å². The number of sulfonamides is 1. The quantitative estimate of drug-likeness (QED) is 0.738. The Morgan fingerprint density at radius 2 is 1.83 bits per heavy atom. The highest BCUT2D eigenvalue weighted by molar-refractivity contribution is 7.89. The van der Waals surface area contributed by atoms with Crippen LogP contribution in [0.5, 0.6) is 5.75 Å². The van der Waals surface area contributed by atoms with Crippen molar-refractivity contribution in [1.82, 2.24) is 14.3 Å². The van der Waals surface area contributed by atoms with Crippen molar-refractivity contribution < 1.29 is 17.9 Å². The number of hydrogen-bond acceptors (Lipinski definition) is 7. The van der Waals surface area contributed by atoms with Crippen LogP contribution in [0.4, 0.5) is 11.6 Å². The molecule has 2 aromatic rings. The second-order valence-corrected chi connectivity index (χ2v) is 9.07. The molecule has 1 aromatic heterocycles. The van der Waals surface area contributed by atoms with E-state index in [1.807, 2.05) is 11.8 Å². The number of benzene rings is 1. The summed E-state index contributed by atoms with van der Waals surface area (Å²) in [5.41, 5.74) is 0.494. The molecule has 1 saturated heterocycles. The number of rotatable bonds is 3. The van der Waals surface area contributed by atoms with Gasteiger partial charge in [0, 0.05) is 45.5 Å². The van der Waals surface area contributed by atoms with Crippen LogP contribution < -0.4 is 14.5 Å². The van der Waals surface area contributed by atoms with Crippen LogP contribution in [0.3, 0.4) is 0 Å². The van der Waals surface area contributed by atoms with Crippen LogP contribution in [0.25, 0.3) is 0 Å². The largest absolute Gasteiger partial charge is 0.487 e. The fourth-order valence-corrected chi connectivity index (χ4v) is 5.05. The fraction of sp³-hybridized carbons (Fsp3) is 0.421. The monoisotopic (exact) mass is 417 g/mol. The average molecular weight is 417 g/mol. The number of amides is 1. The Morgan fingerprint density at radius 3 is 2.48 bits per heavy atom. The summed E-state index contributed by atoms with van der Waals surface area (Å²) in [6.45, 7) is 5.42. The van der Waals surface area contributed by atoms with E-state index in [-0.39, 0.29) is 16.9 Å². The van der Waals surface area contributed by atoms with Crippen molar-refractivity contribution in [2.45, 2.75) is 24.8 Å². The van der Waals surface area contributed by atoms with Crippen molar-refractivity contribution in [3.05, 3.63) is 36.7 Å². The molecule has 154 valence electrons. The number of hydrogen-bond donors (Lipinski definition) is 0. The normalized spacial score (nSPS) is 20.1. The number of anilines is 2. The molecule has 4 rings (SSSR count). The predicted octanol–water partition coefficient (Wildman–Crippen LogP) is 1.12. The van der Waals surface area contributed by atoms with Gasteiger partial charge in [0.15, 0.2) is 0 Å². The van der Waals surface area contributed by atoms with Crippen LogP contribution in [-0.4, -0.2) is 67.4 Å². The minimum Gasteiger partial charge on any atom is -0.487 e. The minimum atomic E-state index is -3.69. The van der Waals surface area contributed by atoms with Gasteiger partial charge in [0.25, 0.3) is 0 Å². The Balaban J connectivity index is 1.56. The van der Waals surface area contributed by atoms with Gasteiger partial charge in [-0.2, -0.15) is 4.31 Å². The molecule has 3 heterocycles. The van der Waals surface area contributed by atoms with Gasteiger partial charge in [-0.05, 0) is 31.2 Å². The number of ether oxygens (including phenoxy) is 1. The number of aromatic nitrogens is 2. The van der Waals surface area contributed by atoms with Crippen molar-refractivity contribution in [3.8, 4) is 5.75 Å². The van der Waals surface area contributed by atoms with E-state index in [2.05, 4.69) is 9.97 Å². The summed E-state index contributed by atoms with van der Waals surface area (Å²) in [6, 6.07) is 6.44. The maximum absolute atomic E-state index is 13.2. The molecule has 0 bridgehead atoms. The lowest BCUT2D eigenvalue weighted by Crippen LogP contribution is -2.49. The van der Waals surface area contributed by atoms with Crippen LogP contribution in [-0.2, 0) is 14.8 Å². The third-order valence-corrected chi connectivity index (χ3v) is 6.98. The number of piperazine rings is 1. The third-order valence-electron chi connectivity index (χ3n) is 5.08. The molecule has 0 saturated carbocycles. The first kappa shape index (κ1) is 19.6. The number of nitrogens with zero attached hydrogens (tertiary/aromatic N) is 5. The molecular formula is C19H23N5O4S. The van der Waals surface area contributed by atoms with Gasteiger partial charge in [-0.15, -0.1) is 0 Å². The van der Waals surface area contributed by atoms with Crippen molar-refractivity contribution in [3.63, 3.8) is 0 Å². The predicted molar refractivity (Wildman–Crippen MR) is 108 cm³/mol. The second-order valence-electron chi connectivity index (χ2n) is 7.13. The van der Waals surface area contributed by atoms with Crippen LogP contribution in [0, 0.1) is 0 Å². The first-order valence-electron chi connectivity index (χ1n) is 9.47. The lowest BCUT2D eigenvalue weighted by Gasteiger charge is -2.35. The number of carbonyl (C=O) groups is 1. The summed E-state index contributed by atoms with van der Waals surface area (Å²) in [7, 11) is -3.69. The summed E-state index contributed by atoms with van der Waals surface area (Å²) in [6.07, 6.45) is 3.19. The maximum atomic E-state index is 13.2. The van der Waals surface area contributed by atoms with Gasteiger partial charge in [0.2, 0.25) is 21.9 Å². The molecule has 9 nitrogen and oxygen atoms in total. The van der Waals surface area contributed by atoms with Gasteiger partial charge in [0.1, 0.15) is 11.9 Å². The van der Waals surface area contributed by atoms with E-state index < -0.39 is 10.0 Å². The second kappa shape index (κ2) is 7.60. The van der Waals surface area contributed by atoms with Gasteiger partial charge in [-0.25, -0.2) is 18.4 Å². The number of carbonyl (C=O) groups excluding carboxylic acids is 1. The molecule has 1 aromatic carbocycles. The molecule has 1 amide bonds. The molecule has 1 fully saturated rings. The Bertz CT molecular complexity index is 1010. The maximum Gasteiger partial charge on any atom is 0.243 e. The van der Waals surface area contributed by atoms with E-state index >= 15 is 0 Å². The number of fused-ring (bicyclic) bond motifs is 1. The van der Waals surface area contributed by atoms with Gasteiger partial charge in [0.05, 0.1) is 17.1 Å². The van der Waals surface area contributed by atoms with Crippen molar-refractivity contribution in [2.75, 3.05) is 42.5 Å². The Morgan fingerprint density at radius 1 is 1.14 bits per heavy atom. The summed E-state index contributed by atoms with van der Waals surface area (Å²) in [4.78, 5) is 24.2. The van der Waals surface area contributed by atoms with Gasteiger partial charge >= 0.3 is 0 Å². The van der Waals surface area contributed by atoms with Crippen molar-refractivity contribution >= 4 is 27.6 Å². The average Bonchev–Trinajstić information content (AvgIpc) is 2.73. The Hall–Kier alpha value is -2.72. The molecule has 10 heteroatoms. The molecular weight excluding hydrogens is 394 g/mol. The van der Waals surface area contributed by atoms with Crippen LogP contribution in [0.1, 0.15) is 13.8 Å². The van der Waals surface area contributed by atoms with Crippen LogP contribution >= 0.6 is 0 Å². The van der Waals surface area contributed by atoms with E-state index in [0.29, 0.717) is 50.1 Å². The molecule has 1 atom stereocenters. The molecule has 0 spiro atoms. The zero-order chi connectivity index (χ0) is 20.6. The van der Waals surface area contributed by atoms with Crippen molar-refractivity contribution in [1.29, 1.82) is 0 Å². The smallest absolute Gasteiger partial charge is 0.243 e. The highest BCUT2D eigenvalue weighted by atomic mass is 32.2. The molecule has 2 aliphatic rings. The summed E-state index contributed by atoms with van der Waals surface area (Å²) >= 11 is 0. The lowest BCUT2D eigenvalue weighted by atomic mass is 10.2. The summed E-state index contributed by atoms with van der Waals surface area (Å²) in [5.74, 6) is 0.970. The zero-order valence-corrected chi connectivity index (χ0v) is 17.2. The van der Waals surface area contributed by atoms with E-state index in [1.165, 1.54) is 23.4 Å². The molecule has 0 N–H and O–H groups in total. The van der Waals surface area contributed by atoms with Crippen molar-refractivity contribution in [2.24, 2.45) is 0 Å². The molecule has 29 heavy (non-hydrogen) atoms. The first-order valence-corrected chi connectivity index (χ1v) is 10.9. The Labute approximate surface area is 170 Å². The van der Waals surface area contributed by atoms with Gasteiger partial charge in [-0.3, -0.25) is 4.79 Å². The van der Waals surface area contributed by atoms with E-state index in [1.54, 1.807) is 29.4 Å². The fourth-order valence-electron chi connectivity index (χ4n) is 3.61. The molecule has 0 radical (unpaired) electrons. The molecule has 2 aliphatic heterocycles. The highest BCUT2D eigenvalue weighted by Crippen LogP contribution is 2.36.